The second kappa shape index (κ2) is 6.94. The summed E-state index contributed by atoms with van der Waals surface area (Å²) in [6.07, 6.45) is 3.49. The Bertz CT molecular complexity index is 582. The molecule has 112 valence electrons. The van der Waals surface area contributed by atoms with Gasteiger partial charge in [-0.25, -0.2) is 4.98 Å². The second-order valence-corrected chi connectivity index (χ2v) is 5.10. The van der Waals surface area contributed by atoms with Crippen molar-refractivity contribution >= 4 is 5.91 Å². The Kier molecular flexibility index (Phi) is 4.99. The molecular weight excluding hydrogens is 268 g/mol. The maximum atomic E-state index is 12.0. The number of aromatic amines is 1. The van der Waals surface area contributed by atoms with Gasteiger partial charge in [0.25, 0.3) is 0 Å². The molecule has 0 saturated heterocycles. The number of amides is 1. The van der Waals surface area contributed by atoms with Crippen LogP contribution in [-0.4, -0.2) is 44.6 Å². The van der Waals surface area contributed by atoms with Crippen LogP contribution in [0.2, 0.25) is 0 Å². The van der Waals surface area contributed by atoms with Crippen LogP contribution in [0.15, 0.2) is 24.5 Å². The summed E-state index contributed by atoms with van der Waals surface area (Å²) in [5.41, 5.74) is 1.12. The van der Waals surface area contributed by atoms with Crippen LogP contribution < -0.4 is 5.32 Å². The average Bonchev–Trinajstić information content (AvgIpc) is 2.86. The zero-order valence-corrected chi connectivity index (χ0v) is 12.5. The molecule has 2 aromatic rings. The van der Waals surface area contributed by atoms with Crippen LogP contribution in [0.3, 0.4) is 0 Å². The second-order valence-electron chi connectivity index (χ2n) is 5.10. The van der Waals surface area contributed by atoms with E-state index in [1.807, 2.05) is 37.9 Å². The van der Waals surface area contributed by atoms with Crippen molar-refractivity contribution in [2.75, 3.05) is 13.6 Å². The maximum Gasteiger partial charge on any atom is 0.234 e. The van der Waals surface area contributed by atoms with E-state index in [0.29, 0.717) is 18.9 Å². The van der Waals surface area contributed by atoms with Crippen LogP contribution in [0.25, 0.3) is 0 Å². The first-order valence-electron chi connectivity index (χ1n) is 6.80. The Hall–Kier alpha value is -2.28. The number of aromatic nitrogens is 4. The molecule has 0 unspecified atom stereocenters. The van der Waals surface area contributed by atoms with Crippen LogP contribution in [0.4, 0.5) is 0 Å². The molecule has 2 N–H and O–H groups in total. The standard InChI is InChI=1S/C14H20N6O/c1-10(14-17-11(2)18-19-14)16-13(21)9-20(3)8-12-4-6-15-7-5-12/h4-7,10H,8-9H2,1-3H3,(H,16,21)(H,17,18,19)/t10-/m1/s1. The highest BCUT2D eigenvalue weighted by atomic mass is 16.2. The van der Waals surface area contributed by atoms with Crippen molar-refractivity contribution in [3.05, 3.63) is 41.7 Å². The third-order valence-electron chi connectivity index (χ3n) is 2.99. The minimum absolute atomic E-state index is 0.0542. The van der Waals surface area contributed by atoms with Gasteiger partial charge in [0, 0.05) is 18.9 Å². The van der Waals surface area contributed by atoms with E-state index >= 15 is 0 Å². The van der Waals surface area contributed by atoms with E-state index in [4.69, 9.17) is 0 Å². The molecular formula is C14H20N6O. The van der Waals surface area contributed by atoms with Crippen molar-refractivity contribution in [2.24, 2.45) is 0 Å². The van der Waals surface area contributed by atoms with Crippen LogP contribution in [0.1, 0.15) is 30.2 Å². The topological polar surface area (TPSA) is 86.8 Å². The van der Waals surface area contributed by atoms with Crippen molar-refractivity contribution < 1.29 is 4.79 Å². The molecule has 7 heteroatoms. The fraction of sp³-hybridized carbons (Fsp3) is 0.429. The minimum Gasteiger partial charge on any atom is -0.345 e. The number of pyridine rings is 1. The Morgan fingerprint density at radius 1 is 1.43 bits per heavy atom. The Balaban J connectivity index is 1.81. The van der Waals surface area contributed by atoms with Gasteiger partial charge in [-0.1, -0.05) is 0 Å². The lowest BCUT2D eigenvalue weighted by molar-refractivity contribution is -0.122. The van der Waals surface area contributed by atoms with Gasteiger partial charge in [-0.05, 0) is 38.6 Å². The number of aryl methyl sites for hydroxylation is 1. The first-order valence-corrected chi connectivity index (χ1v) is 6.80. The normalized spacial score (nSPS) is 12.4. The summed E-state index contributed by atoms with van der Waals surface area (Å²) in [5, 5.41) is 9.70. The summed E-state index contributed by atoms with van der Waals surface area (Å²) >= 11 is 0. The third-order valence-corrected chi connectivity index (χ3v) is 2.99. The zero-order valence-electron chi connectivity index (χ0n) is 12.5. The Morgan fingerprint density at radius 3 is 2.76 bits per heavy atom. The number of carbonyl (C=O) groups is 1. The number of nitrogens with zero attached hydrogens (tertiary/aromatic N) is 4. The lowest BCUT2D eigenvalue weighted by Crippen LogP contribution is -2.36. The minimum atomic E-state index is -0.211. The van der Waals surface area contributed by atoms with E-state index < -0.39 is 0 Å². The molecule has 0 saturated carbocycles. The fourth-order valence-corrected chi connectivity index (χ4v) is 2.01. The van der Waals surface area contributed by atoms with Crippen molar-refractivity contribution in [3.8, 4) is 0 Å². The number of carbonyl (C=O) groups excluding carboxylic acids is 1. The summed E-state index contributed by atoms with van der Waals surface area (Å²) in [6.45, 7) is 4.71. The molecule has 2 heterocycles. The van der Waals surface area contributed by atoms with Crippen LogP contribution in [-0.2, 0) is 11.3 Å². The summed E-state index contributed by atoms with van der Waals surface area (Å²) < 4.78 is 0. The highest BCUT2D eigenvalue weighted by molar-refractivity contribution is 5.78. The van der Waals surface area contributed by atoms with E-state index in [-0.39, 0.29) is 11.9 Å². The first kappa shape index (κ1) is 15.1. The number of rotatable bonds is 6. The molecule has 2 rings (SSSR count). The van der Waals surface area contributed by atoms with Gasteiger partial charge < -0.3 is 5.32 Å². The van der Waals surface area contributed by atoms with Crippen molar-refractivity contribution in [3.63, 3.8) is 0 Å². The van der Waals surface area contributed by atoms with Gasteiger partial charge in [0.15, 0.2) is 5.82 Å². The molecule has 1 amide bonds. The van der Waals surface area contributed by atoms with Gasteiger partial charge in [0.2, 0.25) is 5.91 Å². The van der Waals surface area contributed by atoms with E-state index in [1.165, 1.54) is 0 Å². The third kappa shape index (κ3) is 4.64. The highest BCUT2D eigenvalue weighted by Crippen LogP contribution is 2.06. The molecule has 0 fully saturated rings. The quantitative estimate of drug-likeness (QED) is 0.821. The van der Waals surface area contributed by atoms with Gasteiger partial charge in [-0.15, -0.1) is 0 Å². The lowest BCUT2D eigenvalue weighted by Gasteiger charge is -2.17. The smallest absolute Gasteiger partial charge is 0.234 e. The molecule has 21 heavy (non-hydrogen) atoms. The van der Waals surface area contributed by atoms with Gasteiger partial charge in [-0.3, -0.25) is 19.8 Å². The van der Waals surface area contributed by atoms with Crippen LogP contribution in [0.5, 0.6) is 0 Å². The van der Waals surface area contributed by atoms with Crippen molar-refractivity contribution in [1.29, 1.82) is 0 Å². The summed E-state index contributed by atoms with van der Waals surface area (Å²) in [4.78, 5) is 22.1. The number of hydrogen-bond donors (Lipinski definition) is 2. The number of nitrogens with one attached hydrogen (secondary N) is 2. The molecule has 7 nitrogen and oxygen atoms in total. The predicted octanol–water partition coefficient (Wildman–Crippen LogP) is 0.817. The molecule has 2 aromatic heterocycles. The van der Waals surface area contributed by atoms with Crippen molar-refractivity contribution in [2.45, 2.75) is 26.4 Å². The maximum absolute atomic E-state index is 12.0. The first-order chi connectivity index (χ1) is 10.0. The molecule has 0 aliphatic carbocycles. The molecule has 0 bridgehead atoms. The molecule has 0 spiro atoms. The predicted molar refractivity (Wildman–Crippen MR) is 78.2 cm³/mol. The van der Waals surface area contributed by atoms with Crippen LogP contribution in [0, 0.1) is 6.92 Å². The van der Waals surface area contributed by atoms with Crippen LogP contribution >= 0.6 is 0 Å². The average molecular weight is 288 g/mol. The zero-order chi connectivity index (χ0) is 15.2. The summed E-state index contributed by atoms with van der Waals surface area (Å²) in [6, 6.07) is 3.66. The molecule has 0 aliphatic heterocycles. The summed E-state index contributed by atoms with van der Waals surface area (Å²) in [5.74, 6) is 1.28. The number of hydrogen-bond acceptors (Lipinski definition) is 5. The van der Waals surface area contributed by atoms with Crippen molar-refractivity contribution in [1.82, 2.24) is 30.4 Å². The lowest BCUT2D eigenvalue weighted by atomic mass is 10.2. The van der Waals surface area contributed by atoms with E-state index in [9.17, 15) is 4.79 Å². The van der Waals surface area contributed by atoms with E-state index in [1.54, 1.807) is 12.4 Å². The Labute approximate surface area is 123 Å². The van der Waals surface area contributed by atoms with E-state index in [2.05, 4.69) is 25.5 Å². The largest absolute Gasteiger partial charge is 0.345 e. The summed E-state index contributed by atoms with van der Waals surface area (Å²) in [7, 11) is 1.90. The Morgan fingerprint density at radius 2 is 2.14 bits per heavy atom. The fourth-order valence-electron chi connectivity index (χ4n) is 2.01. The van der Waals surface area contributed by atoms with Gasteiger partial charge in [-0.2, -0.15) is 5.10 Å². The number of likely N-dealkylation sites (N-methyl/N-ethyl adjacent to an activating group) is 1. The van der Waals surface area contributed by atoms with Gasteiger partial charge in [0.1, 0.15) is 5.82 Å². The van der Waals surface area contributed by atoms with E-state index in [0.717, 1.165) is 11.4 Å². The van der Waals surface area contributed by atoms with Gasteiger partial charge >= 0.3 is 0 Å². The molecule has 1 atom stereocenters. The molecule has 0 radical (unpaired) electrons. The number of H-pyrrole nitrogens is 1. The SMILES string of the molecule is Cc1nc([C@@H](C)NC(=O)CN(C)Cc2ccncc2)n[nH]1. The monoisotopic (exact) mass is 288 g/mol. The van der Waals surface area contributed by atoms with Gasteiger partial charge in [0.05, 0.1) is 12.6 Å². The molecule has 0 aromatic carbocycles. The highest BCUT2D eigenvalue weighted by Gasteiger charge is 2.14. The molecule has 0 aliphatic rings.